The first-order valence-electron chi connectivity index (χ1n) is 49.4. The van der Waals surface area contributed by atoms with Crippen molar-refractivity contribution in [2.45, 2.75) is 539 Å². The van der Waals surface area contributed by atoms with Crippen LogP contribution in [0.1, 0.15) is 480 Å². The third kappa shape index (κ3) is 54.4. The predicted octanol–water partition coefficient (Wildman–Crippen LogP) is 40.9. The summed E-state index contributed by atoms with van der Waals surface area (Å²) in [5, 5.41) is 0. The zero-order valence-corrected chi connectivity index (χ0v) is 85.6. The first kappa shape index (κ1) is 109. The number of hydrogen-bond donors (Lipinski definition) is 0. The van der Waals surface area contributed by atoms with Gasteiger partial charge in [-0.15, -0.1) is 141 Å². The van der Waals surface area contributed by atoms with Crippen LogP contribution in [0.5, 0.6) is 0 Å². The minimum Gasteiger partial charge on any atom is -0.124 e. The van der Waals surface area contributed by atoms with E-state index in [1.165, 1.54) is 480 Å². The molecule has 0 N–H and O–H groups in total. The van der Waals surface area contributed by atoms with Gasteiger partial charge in [0.25, 0.3) is 0 Å². The van der Waals surface area contributed by atoms with Gasteiger partial charge in [-0.05, 0) is 159 Å². The van der Waals surface area contributed by atoms with E-state index in [0.29, 0.717) is 0 Å². The number of rotatable bonds is 86. The van der Waals surface area contributed by atoms with E-state index in [9.17, 15) is 0 Å². The Balaban J connectivity index is 2.30. The van der Waals surface area contributed by atoms with Gasteiger partial charge >= 0.3 is 0 Å². The second-order valence-electron chi connectivity index (χ2n) is 33.6. The summed E-state index contributed by atoms with van der Waals surface area (Å²) < 4.78 is 0. The van der Waals surface area contributed by atoms with Crippen LogP contribution in [0.25, 0.3) is 0 Å². The summed E-state index contributed by atoms with van der Waals surface area (Å²) >= 11 is 28.2. The van der Waals surface area contributed by atoms with E-state index in [4.69, 9.17) is 0 Å². The van der Waals surface area contributed by atoms with Gasteiger partial charge in [0.2, 0.25) is 0 Å². The van der Waals surface area contributed by atoms with Crippen LogP contribution >= 0.6 is 141 Å². The number of unbranched alkanes of at least 4 members (excludes halogenated alkanes) is 50. The number of thioether (sulfide) groups is 12. The molecule has 1 fully saturated rings. The zero-order chi connectivity index (χ0) is 80.3. The highest BCUT2D eigenvalue weighted by Crippen LogP contribution is 2.58. The van der Waals surface area contributed by atoms with Crippen molar-refractivity contribution in [3.05, 3.63) is 0 Å². The maximum absolute atomic E-state index is 2.40. The van der Waals surface area contributed by atoms with Crippen LogP contribution in [0.4, 0.5) is 0 Å². The monoisotopic (exact) mass is 1770 g/mol. The largest absolute Gasteiger partial charge is 0.124 e. The van der Waals surface area contributed by atoms with Crippen LogP contribution in [-0.4, -0.2) is 69.0 Å². The Labute approximate surface area is 753 Å². The van der Waals surface area contributed by atoms with Crippen LogP contribution in [0.15, 0.2) is 58.7 Å². The minimum absolute atomic E-state index is 0.795. The van der Waals surface area contributed by atoms with Crippen molar-refractivity contribution >= 4 is 141 Å². The Bertz CT molecular complexity index is 2090. The molecule has 656 valence electrons. The summed E-state index contributed by atoms with van der Waals surface area (Å²) in [6.07, 6.45) is 88.7. The van der Waals surface area contributed by atoms with Gasteiger partial charge in [-0.1, -0.05) is 390 Å². The molecule has 0 amide bonds. The van der Waals surface area contributed by atoms with Gasteiger partial charge in [-0.25, -0.2) is 0 Å². The Morgan fingerprint density at radius 3 is 0.348 bits per heavy atom. The second-order valence-corrected chi connectivity index (χ2v) is 46.7. The van der Waals surface area contributed by atoms with Crippen molar-refractivity contribution in [3.63, 3.8) is 0 Å². The van der Waals surface area contributed by atoms with Gasteiger partial charge < -0.3 is 0 Å². The van der Waals surface area contributed by atoms with Crippen molar-refractivity contribution < 1.29 is 0 Å². The fourth-order valence-corrected chi connectivity index (χ4v) is 33.0. The first-order chi connectivity index (χ1) is 55.4. The third-order valence-electron chi connectivity index (χ3n) is 22.8. The highest BCUT2D eigenvalue weighted by molar-refractivity contribution is 8.08. The molecule has 112 heavy (non-hydrogen) atoms. The lowest BCUT2D eigenvalue weighted by molar-refractivity contribution is 0.315. The molecule has 0 unspecified atom stereocenters. The molecule has 0 heterocycles. The van der Waals surface area contributed by atoms with E-state index in [1.54, 1.807) is 58.7 Å². The van der Waals surface area contributed by atoms with Crippen molar-refractivity contribution in [3.8, 4) is 0 Å². The van der Waals surface area contributed by atoms with Crippen molar-refractivity contribution in [2.24, 2.45) is 11.8 Å². The van der Waals surface area contributed by atoms with Gasteiger partial charge in [0.15, 0.2) is 0 Å². The van der Waals surface area contributed by atoms with E-state index < -0.39 is 0 Å². The maximum Gasteiger partial charge on any atom is 0.0368 e. The lowest BCUT2D eigenvalue weighted by Gasteiger charge is -2.30. The van der Waals surface area contributed by atoms with Crippen LogP contribution in [-0.2, 0) is 0 Å². The van der Waals surface area contributed by atoms with Crippen LogP contribution in [0, 0.1) is 11.8 Å². The molecule has 12 heteroatoms. The summed E-state index contributed by atoms with van der Waals surface area (Å²) in [7, 11) is 0. The highest BCUT2D eigenvalue weighted by atomic mass is 32.2. The van der Waals surface area contributed by atoms with Gasteiger partial charge in [0.05, 0.1) is 0 Å². The Morgan fingerprint density at radius 2 is 0.232 bits per heavy atom. The van der Waals surface area contributed by atoms with E-state index in [2.05, 4.69) is 210 Å². The Hall–Kier alpha value is 2.64. The molecule has 0 bridgehead atoms. The van der Waals surface area contributed by atoms with Crippen LogP contribution in [0.3, 0.4) is 0 Å². The molecule has 0 atom stereocenters. The molecule has 2 aromatic carbocycles. The average Bonchev–Trinajstić information content (AvgIpc) is 0.774. The van der Waals surface area contributed by atoms with Gasteiger partial charge in [0.1, 0.15) is 0 Å². The molecule has 0 radical (unpaired) electrons. The van der Waals surface area contributed by atoms with E-state index in [1.807, 2.05) is 0 Å². The predicted molar refractivity (Wildman–Crippen MR) is 541 cm³/mol. The van der Waals surface area contributed by atoms with Crippen molar-refractivity contribution in [1.29, 1.82) is 0 Å². The van der Waals surface area contributed by atoms with Gasteiger partial charge in [-0.2, -0.15) is 0 Å². The molecule has 1 aliphatic carbocycles. The minimum atomic E-state index is 0.795. The van der Waals surface area contributed by atoms with Crippen LogP contribution < -0.4 is 0 Å². The highest BCUT2D eigenvalue weighted by Gasteiger charge is 2.31. The summed E-state index contributed by atoms with van der Waals surface area (Å²) in [5.41, 5.74) is 0. The number of benzene rings is 2. The molecule has 0 aromatic heterocycles. The molecule has 3 rings (SSSR count). The molecule has 2 aromatic rings. The molecule has 0 saturated heterocycles. The Morgan fingerprint density at radius 1 is 0.134 bits per heavy atom. The van der Waals surface area contributed by atoms with Crippen molar-refractivity contribution in [1.82, 2.24) is 0 Å². The van der Waals surface area contributed by atoms with Crippen molar-refractivity contribution in [2.75, 3.05) is 69.0 Å². The Kier molecular flexibility index (Phi) is 79.6. The molecular formula is C100H184S12. The van der Waals surface area contributed by atoms with E-state index >= 15 is 0 Å². The lowest BCUT2D eigenvalue weighted by Crippen LogP contribution is -2.18. The summed E-state index contributed by atoms with van der Waals surface area (Å²) in [6, 6.07) is 0. The molecule has 1 saturated carbocycles. The normalized spacial score (nSPS) is 14.0. The SMILES string of the molecule is CCCCCCCCSc1c(SCCCCCCCC)c(SCCCCCCCC)c(SCC2CCC(CSc3c(SCCCCCCCC)c(SCCCCCCCC)c(SCCCCCCCC)c(SCCCCCCCC)c3SCCCCCCCC)CC2)c(SCCCCCCCC)c1SCCCCCCCC. The standard InChI is InChI=1S/C100H184S12/c1-11-21-31-41-51-61-75-101-89-91(103-77-63-53-43-33-23-13-3)95(107-81-67-57-47-37-27-17-7)99(96(108-82-68-58-48-38-28-18-8)92(89)104-78-64-54-44-34-24-14-4)111-85-87-71-73-88(74-72-87)86-112-100-97(109-83-69-59-49-39-29-19-9)93(105-79-65-55-45-35-25-15-5)90(102-76-62-52-42-32-22-12-2)94(106-80-66-56-46-36-26-16-6)98(100)110-84-70-60-50-40-30-20-10/h87-88H,11-86H2,1-10H3. The smallest absolute Gasteiger partial charge is 0.0368 e. The summed E-state index contributed by atoms with van der Waals surface area (Å²) in [6.45, 7) is 23.8. The van der Waals surface area contributed by atoms with Gasteiger partial charge in [0, 0.05) is 70.3 Å². The van der Waals surface area contributed by atoms with Gasteiger partial charge in [-0.3, -0.25) is 0 Å². The molecule has 0 spiro atoms. The molecule has 0 nitrogen and oxygen atoms in total. The van der Waals surface area contributed by atoms with E-state index in [0.717, 1.165) is 11.8 Å². The quantitative estimate of drug-likeness (QED) is 0.0458. The first-order valence-corrected chi connectivity index (χ1v) is 61.3. The molecule has 0 aliphatic heterocycles. The summed E-state index contributed by atoms with van der Waals surface area (Å²) in [5.74, 6) is 17.0. The molecule has 1 aliphatic rings. The topological polar surface area (TPSA) is 0 Å². The second kappa shape index (κ2) is 82.0. The fourth-order valence-electron chi connectivity index (χ4n) is 15.3. The zero-order valence-electron chi connectivity index (χ0n) is 75.8. The van der Waals surface area contributed by atoms with E-state index in [-0.39, 0.29) is 0 Å². The average molecular weight is 1770 g/mol. The third-order valence-corrected chi connectivity index (χ3v) is 38.9. The maximum atomic E-state index is 2.40. The van der Waals surface area contributed by atoms with Crippen LogP contribution in [0.2, 0.25) is 0 Å². The molecular weight excluding hydrogens is 1590 g/mol. The summed E-state index contributed by atoms with van der Waals surface area (Å²) in [4.78, 5) is 20.9. The fraction of sp³-hybridized carbons (Fsp3) is 0.880. The number of hydrogen-bond acceptors (Lipinski definition) is 12. The lowest BCUT2D eigenvalue weighted by atomic mass is 9.84.